The maximum absolute atomic E-state index is 9.43. The summed E-state index contributed by atoms with van der Waals surface area (Å²) in [6.45, 7) is 3.25. The van der Waals surface area contributed by atoms with Gasteiger partial charge in [0.25, 0.3) is 0 Å². The Bertz CT molecular complexity index is 873. The van der Waals surface area contributed by atoms with Crippen LogP contribution in [0.5, 0.6) is 0 Å². The predicted octanol–water partition coefficient (Wildman–Crippen LogP) is 2.73. The van der Waals surface area contributed by atoms with E-state index in [-0.39, 0.29) is 6.61 Å². The molecule has 0 spiro atoms. The summed E-state index contributed by atoms with van der Waals surface area (Å²) in [7, 11) is 1.83. The van der Waals surface area contributed by atoms with Crippen LogP contribution < -0.4 is 10.2 Å². The summed E-state index contributed by atoms with van der Waals surface area (Å²) >= 11 is 1.62. The Morgan fingerprint density at radius 1 is 1.20 bits per heavy atom. The van der Waals surface area contributed by atoms with Gasteiger partial charge in [-0.25, -0.2) is 9.97 Å². The highest BCUT2D eigenvalue weighted by atomic mass is 32.1. The number of aromatic nitrogens is 2. The molecule has 0 amide bonds. The highest BCUT2D eigenvalue weighted by Crippen LogP contribution is 2.36. The molecule has 0 bridgehead atoms. The molecule has 3 aromatic rings. The second-order valence-corrected chi connectivity index (χ2v) is 6.75. The van der Waals surface area contributed by atoms with Gasteiger partial charge in [0.1, 0.15) is 12.4 Å². The molecule has 0 saturated carbocycles. The lowest BCUT2D eigenvalue weighted by Crippen LogP contribution is -2.36. The van der Waals surface area contributed by atoms with Gasteiger partial charge >= 0.3 is 0 Å². The average molecular weight is 356 g/mol. The molecule has 25 heavy (non-hydrogen) atoms. The number of morpholine rings is 1. The molecule has 4 rings (SSSR count). The SMILES string of the molecule is CNc1nc(CO)nc2c(-c3ccc(N4CCOCC4)cc3)csc12. The van der Waals surface area contributed by atoms with Crippen molar-refractivity contribution in [1.82, 2.24) is 9.97 Å². The number of aliphatic hydroxyl groups excluding tert-OH is 1. The van der Waals surface area contributed by atoms with Crippen molar-refractivity contribution in [2.75, 3.05) is 43.6 Å². The predicted molar refractivity (Wildman–Crippen MR) is 101 cm³/mol. The fourth-order valence-electron chi connectivity index (χ4n) is 3.08. The van der Waals surface area contributed by atoms with Gasteiger partial charge in [-0.05, 0) is 17.7 Å². The minimum Gasteiger partial charge on any atom is -0.388 e. The molecule has 3 heterocycles. The number of nitrogens with one attached hydrogen (secondary N) is 1. The van der Waals surface area contributed by atoms with Crippen LogP contribution in [0.1, 0.15) is 5.82 Å². The molecule has 1 fully saturated rings. The Morgan fingerprint density at radius 2 is 1.96 bits per heavy atom. The molecular weight excluding hydrogens is 336 g/mol. The van der Waals surface area contributed by atoms with Gasteiger partial charge in [-0.3, -0.25) is 0 Å². The number of aliphatic hydroxyl groups is 1. The number of anilines is 2. The molecule has 2 aromatic heterocycles. The van der Waals surface area contributed by atoms with Crippen molar-refractivity contribution in [2.24, 2.45) is 0 Å². The molecule has 1 saturated heterocycles. The van der Waals surface area contributed by atoms with E-state index in [1.807, 2.05) is 7.05 Å². The fourth-order valence-corrected chi connectivity index (χ4v) is 4.09. The molecule has 0 radical (unpaired) electrons. The Hall–Kier alpha value is -2.22. The van der Waals surface area contributed by atoms with Crippen molar-refractivity contribution in [2.45, 2.75) is 6.61 Å². The van der Waals surface area contributed by atoms with E-state index in [0.717, 1.165) is 53.5 Å². The average Bonchev–Trinajstić information content (AvgIpc) is 3.12. The molecular formula is C18H20N4O2S. The third-order valence-electron chi connectivity index (χ3n) is 4.39. The highest BCUT2D eigenvalue weighted by molar-refractivity contribution is 7.18. The van der Waals surface area contributed by atoms with Crippen molar-refractivity contribution in [3.05, 3.63) is 35.5 Å². The maximum atomic E-state index is 9.43. The summed E-state index contributed by atoms with van der Waals surface area (Å²) in [5, 5.41) is 14.6. The zero-order valence-corrected chi connectivity index (χ0v) is 14.8. The lowest BCUT2D eigenvalue weighted by molar-refractivity contribution is 0.122. The van der Waals surface area contributed by atoms with E-state index in [2.05, 4.69) is 49.8 Å². The first-order chi connectivity index (χ1) is 12.3. The molecule has 2 N–H and O–H groups in total. The summed E-state index contributed by atoms with van der Waals surface area (Å²) in [5.41, 5.74) is 4.29. The van der Waals surface area contributed by atoms with E-state index in [1.165, 1.54) is 5.69 Å². The van der Waals surface area contributed by atoms with Gasteiger partial charge < -0.3 is 20.1 Å². The number of fused-ring (bicyclic) bond motifs is 1. The van der Waals surface area contributed by atoms with Crippen LogP contribution in [0.3, 0.4) is 0 Å². The molecule has 0 aliphatic carbocycles. The van der Waals surface area contributed by atoms with Crippen molar-refractivity contribution < 1.29 is 9.84 Å². The van der Waals surface area contributed by atoms with E-state index in [0.29, 0.717) is 5.82 Å². The number of hydrogen-bond donors (Lipinski definition) is 2. The van der Waals surface area contributed by atoms with Gasteiger partial charge in [0.05, 0.1) is 23.4 Å². The number of thiophene rings is 1. The van der Waals surface area contributed by atoms with Crippen LogP contribution in [0.15, 0.2) is 29.6 Å². The Kier molecular flexibility index (Phi) is 4.52. The van der Waals surface area contributed by atoms with Crippen LogP contribution in [0.25, 0.3) is 21.3 Å². The zero-order valence-electron chi connectivity index (χ0n) is 14.0. The lowest BCUT2D eigenvalue weighted by Gasteiger charge is -2.28. The number of rotatable bonds is 4. The van der Waals surface area contributed by atoms with Crippen LogP contribution in [0, 0.1) is 0 Å². The summed E-state index contributed by atoms with van der Waals surface area (Å²) in [6, 6.07) is 8.56. The van der Waals surface area contributed by atoms with Crippen LogP contribution in [0.2, 0.25) is 0 Å². The number of ether oxygens (including phenoxy) is 1. The van der Waals surface area contributed by atoms with Crippen LogP contribution in [-0.2, 0) is 11.3 Å². The van der Waals surface area contributed by atoms with E-state index in [4.69, 9.17) is 4.74 Å². The quantitative estimate of drug-likeness (QED) is 0.749. The summed E-state index contributed by atoms with van der Waals surface area (Å²) in [4.78, 5) is 11.2. The molecule has 6 nitrogen and oxygen atoms in total. The maximum Gasteiger partial charge on any atom is 0.156 e. The van der Waals surface area contributed by atoms with E-state index in [9.17, 15) is 5.11 Å². The third-order valence-corrected chi connectivity index (χ3v) is 5.37. The molecule has 0 unspecified atom stereocenters. The minimum atomic E-state index is -0.171. The molecule has 7 heteroatoms. The van der Waals surface area contributed by atoms with Gasteiger partial charge in [0.15, 0.2) is 5.82 Å². The summed E-state index contributed by atoms with van der Waals surface area (Å²) in [5.74, 6) is 1.19. The zero-order chi connectivity index (χ0) is 17.2. The Balaban J connectivity index is 1.71. The highest BCUT2D eigenvalue weighted by Gasteiger charge is 2.15. The first-order valence-corrected chi connectivity index (χ1v) is 9.18. The second-order valence-electron chi connectivity index (χ2n) is 5.87. The standard InChI is InChI=1S/C18H20N4O2S/c1-19-18-17-16(20-15(10-23)21-18)14(11-25-17)12-2-4-13(5-3-12)22-6-8-24-9-7-22/h2-5,11,23H,6-10H2,1H3,(H,19,20,21). The molecule has 1 aliphatic rings. The van der Waals surface area contributed by atoms with Gasteiger partial charge in [-0.2, -0.15) is 0 Å². The largest absolute Gasteiger partial charge is 0.388 e. The topological polar surface area (TPSA) is 70.5 Å². The van der Waals surface area contributed by atoms with Crippen molar-refractivity contribution in [1.29, 1.82) is 0 Å². The van der Waals surface area contributed by atoms with Gasteiger partial charge in [-0.15, -0.1) is 11.3 Å². The molecule has 130 valence electrons. The van der Waals surface area contributed by atoms with Crippen LogP contribution >= 0.6 is 11.3 Å². The van der Waals surface area contributed by atoms with E-state index < -0.39 is 0 Å². The van der Waals surface area contributed by atoms with Crippen LogP contribution in [0.4, 0.5) is 11.5 Å². The first-order valence-electron chi connectivity index (χ1n) is 8.30. The van der Waals surface area contributed by atoms with E-state index in [1.54, 1.807) is 11.3 Å². The van der Waals surface area contributed by atoms with Crippen molar-refractivity contribution in [3.63, 3.8) is 0 Å². The smallest absolute Gasteiger partial charge is 0.156 e. The first kappa shape index (κ1) is 16.3. The Morgan fingerprint density at radius 3 is 2.64 bits per heavy atom. The molecule has 0 atom stereocenters. The van der Waals surface area contributed by atoms with Crippen LogP contribution in [-0.4, -0.2) is 48.4 Å². The van der Waals surface area contributed by atoms with Crippen molar-refractivity contribution >= 4 is 33.1 Å². The van der Waals surface area contributed by atoms with Gasteiger partial charge in [0.2, 0.25) is 0 Å². The number of nitrogens with zero attached hydrogens (tertiary/aromatic N) is 3. The third kappa shape index (κ3) is 3.06. The summed E-state index contributed by atoms with van der Waals surface area (Å²) < 4.78 is 6.42. The van der Waals surface area contributed by atoms with Crippen molar-refractivity contribution in [3.8, 4) is 11.1 Å². The minimum absolute atomic E-state index is 0.171. The van der Waals surface area contributed by atoms with Gasteiger partial charge in [-0.1, -0.05) is 12.1 Å². The number of benzene rings is 1. The number of hydrogen-bond acceptors (Lipinski definition) is 7. The monoisotopic (exact) mass is 356 g/mol. The fraction of sp³-hybridized carbons (Fsp3) is 0.333. The second kappa shape index (κ2) is 6.95. The van der Waals surface area contributed by atoms with E-state index >= 15 is 0 Å². The lowest BCUT2D eigenvalue weighted by atomic mass is 10.1. The summed E-state index contributed by atoms with van der Waals surface area (Å²) in [6.07, 6.45) is 0. The molecule has 1 aliphatic heterocycles. The van der Waals surface area contributed by atoms with Gasteiger partial charge in [0, 0.05) is 36.8 Å². The molecule has 1 aromatic carbocycles. The Labute approximate surface area is 150 Å². The normalized spacial score (nSPS) is 14.9.